The highest BCUT2D eigenvalue weighted by atomic mass is 32.2. The molecule has 162 valence electrons. The molecule has 1 aliphatic rings. The Balaban J connectivity index is 1.53. The minimum atomic E-state index is -4.01. The summed E-state index contributed by atoms with van der Waals surface area (Å²) >= 11 is 0. The summed E-state index contributed by atoms with van der Waals surface area (Å²) in [5, 5.41) is 10.2. The number of carbonyl (C=O) groups is 1. The highest BCUT2D eigenvalue weighted by Crippen LogP contribution is 2.31. The highest BCUT2D eigenvalue weighted by molar-refractivity contribution is 7.92. The van der Waals surface area contributed by atoms with Crippen LogP contribution >= 0.6 is 0 Å². The summed E-state index contributed by atoms with van der Waals surface area (Å²) in [5.74, 6) is -1.70. The summed E-state index contributed by atoms with van der Waals surface area (Å²) in [7, 11) is -7.59. The number of aromatic hydroxyl groups is 1. The van der Waals surface area contributed by atoms with Crippen molar-refractivity contribution in [2.45, 2.75) is 18.6 Å². The molecular formula is C18H20FN3O6S2. The van der Waals surface area contributed by atoms with Crippen LogP contribution in [-0.2, 0) is 37.2 Å². The van der Waals surface area contributed by atoms with Gasteiger partial charge in [-0.2, -0.15) is 8.42 Å². The molecule has 2 aromatic carbocycles. The molecule has 1 fully saturated rings. The monoisotopic (exact) mass is 457 g/mol. The predicted molar refractivity (Wildman–Crippen MR) is 108 cm³/mol. The average molecular weight is 458 g/mol. The topological polar surface area (TPSA) is 133 Å². The number of anilines is 1. The Hall–Kier alpha value is -2.70. The maximum absolute atomic E-state index is 12.9. The molecule has 0 spiro atoms. The van der Waals surface area contributed by atoms with Crippen LogP contribution in [0.15, 0.2) is 42.5 Å². The third-order valence-corrected chi connectivity index (χ3v) is 7.11. The first kappa shape index (κ1) is 22.0. The summed E-state index contributed by atoms with van der Waals surface area (Å²) in [6, 6.07) is 9.56. The number of nitrogens with one attached hydrogen (secondary N) is 2. The molecule has 12 heteroatoms. The molecule has 0 aliphatic carbocycles. The van der Waals surface area contributed by atoms with E-state index in [1.807, 2.05) is 4.72 Å². The van der Waals surface area contributed by atoms with Gasteiger partial charge in [0.1, 0.15) is 18.1 Å². The van der Waals surface area contributed by atoms with Gasteiger partial charge in [-0.25, -0.2) is 26.6 Å². The quantitative estimate of drug-likeness (QED) is 0.502. The molecule has 2 aromatic rings. The zero-order valence-electron chi connectivity index (χ0n) is 15.7. The summed E-state index contributed by atoms with van der Waals surface area (Å²) in [6.07, 6.45) is 0.861. The fraction of sp³-hybridized carbons (Fsp3) is 0.278. The maximum Gasteiger partial charge on any atom is 0.326 e. The van der Waals surface area contributed by atoms with Crippen molar-refractivity contribution >= 4 is 31.8 Å². The number of hydrogen-bond donors (Lipinski definition) is 3. The molecule has 30 heavy (non-hydrogen) atoms. The Morgan fingerprint density at radius 2 is 1.80 bits per heavy atom. The molecule has 9 nitrogen and oxygen atoms in total. The van der Waals surface area contributed by atoms with Crippen molar-refractivity contribution in [3.8, 4) is 5.75 Å². The molecular weight excluding hydrogens is 437 g/mol. The van der Waals surface area contributed by atoms with Gasteiger partial charge in [-0.05, 0) is 48.2 Å². The Morgan fingerprint density at radius 3 is 2.40 bits per heavy atom. The number of hydrogen-bond acceptors (Lipinski definition) is 6. The predicted octanol–water partition coefficient (Wildman–Crippen LogP) is 0.764. The van der Waals surface area contributed by atoms with Gasteiger partial charge in [-0.3, -0.25) is 4.79 Å². The summed E-state index contributed by atoms with van der Waals surface area (Å²) in [5.41, 5.74) is 1.12. The second-order valence-corrected chi connectivity index (χ2v) is 10.1. The number of carbonyl (C=O) groups excluding carboxylic acids is 1. The molecule has 0 bridgehead atoms. The van der Waals surface area contributed by atoms with Crippen molar-refractivity contribution in [1.82, 2.24) is 9.44 Å². The van der Waals surface area contributed by atoms with Crippen LogP contribution < -0.4 is 13.7 Å². The van der Waals surface area contributed by atoms with Crippen LogP contribution in [0.25, 0.3) is 0 Å². The standard InChI is InChI=1S/C18H20FN3O6S2/c19-15-6-3-14(4-7-15)12-29(25,26)20-9-1-2-13-5-8-16(17(23)10-13)22-11-18(24)21-30(22,27)28/h3-8,10,20,23H,1-2,9,11-12H2,(H,21,24). The fourth-order valence-electron chi connectivity index (χ4n) is 2.97. The smallest absolute Gasteiger partial charge is 0.326 e. The number of phenols is 1. The number of halogens is 1. The van der Waals surface area contributed by atoms with Gasteiger partial charge in [0.05, 0.1) is 11.4 Å². The van der Waals surface area contributed by atoms with Crippen molar-refractivity contribution < 1.29 is 31.1 Å². The van der Waals surface area contributed by atoms with Crippen LogP contribution in [0.1, 0.15) is 17.5 Å². The van der Waals surface area contributed by atoms with Crippen molar-refractivity contribution in [1.29, 1.82) is 0 Å². The number of amides is 1. The average Bonchev–Trinajstić information content (AvgIpc) is 2.93. The summed E-state index contributed by atoms with van der Waals surface area (Å²) in [6.45, 7) is -0.254. The minimum Gasteiger partial charge on any atom is -0.506 e. The van der Waals surface area contributed by atoms with Crippen LogP contribution in [0, 0.1) is 5.82 Å². The van der Waals surface area contributed by atoms with Crippen LogP contribution in [0.3, 0.4) is 0 Å². The number of rotatable bonds is 8. The lowest BCUT2D eigenvalue weighted by atomic mass is 10.1. The second-order valence-electron chi connectivity index (χ2n) is 6.74. The number of sulfonamides is 1. The Kier molecular flexibility index (Phi) is 6.29. The molecule has 0 saturated carbocycles. The van der Waals surface area contributed by atoms with Gasteiger partial charge in [0.15, 0.2) is 0 Å². The maximum atomic E-state index is 12.9. The Labute approximate surface area is 173 Å². The molecule has 1 saturated heterocycles. The van der Waals surface area contributed by atoms with Gasteiger partial charge in [-0.15, -0.1) is 0 Å². The van der Waals surface area contributed by atoms with Gasteiger partial charge in [0.25, 0.3) is 5.91 Å². The molecule has 1 amide bonds. The van der Waals surface area contributed by atoms with Crippen LogP contribution in [0.4, 0.5) is 10.1 Å². The van der Waals surface area contributed by atoms with Crippen molar-refractivity contribution in [2.75, 3.05) is 17.4 Å². The van der Waals surface area contributed by atoms with E-state index in [4.69, 9.17) is 0 Å². The van der Waals surface area contributed by atoms with Gasteiger partial charge in [-0.1, -0.05) is 18.2 Å². The summed E-state index contributed by atoms with van der Waals surface area (Å²) < 4.78 is 65.9. The summed E-state index contributed by atoms with van der Waals surface area (Å²) in [4.78, 5) is 11.3. The molecule has 0 radical (unpaired) electrons. The van der Waals surface area contributed by atoms with E-state index in [0.29, 0.717) is 24.0 Å². The van der Waals surface area contributed by atoms with Gasteiger partial charge in [0.2, 0.25) is 10.0 Å². The van der Waals surface area contributed by atoms with Gasteiger partial charge in [0, 0.05) is 6.54 Å². The fourth-order valence-corrected chi connectivity index (χ4v) is 5.32. The highest BCUT2D eigenvalue weighted by Gasteiger charge is 2.35. The van der Waals surface area contributed by atoms with Crippen molar-refractivity contribution in [3.05, 3.63) is 59.4 Å². The Bertz CT molecular complexity index is 1150. The van der Waals surface area contributed by atoms with Crippen LogP contribution in [0.2, 0.25) is 0 Å². The first-order chi connectivity index (χ1) is 14.1. The second kappa shape index (κ2) is 8.58. The molecule has 3 rings (SSSR count). The molecule has 0 atom stereocenters. The normalized spacial score (nSPS) is 15.9. The van der Waals surface area contributed by atoms with E-state index < -0.39 is 38.5 Å². The van der Waals surface area contributed by atoms with Crippen molar-refractivity contribution in [2.24, 2.45) is 0 Å². The minimum absolute atomic E-state index is 0.0166. The van der Waals surface area contributed by atoms with Crippen LogP contribution in [-0.4, -0.2) is 40.9 Å². The van der Waals surface area contributed by atoms with E-state index in [2.05, 4.69) is 4.72 Å². The van der Waals surface area contributed by atoms with E-state index in [1.165, 1.54) is 36.4 Å². The zero-order chi connectivity index (χ0) is 21.9. The number of phenolic OH excluding ortho intramolecular Hbond substituents is 1. The van der Waals surface area contributed by atoms with Gasteiger partial charge < -0.3 is 5.11 Å². The third kappa shape index (κ3) is 5.46. The molecule has 0 aromatic heterocycles. The third-order valence-electron chi connectivity index (χ3n) is 4.36. The number of aryl methyl sites for hydroxylation is 1. The van der Waals surface area contributed by atoms with E-state index in [9.17, 15) is 31.1 Å². The molecule has 0 unspecified atom stereocenters. The lowest BCUT2D eigenvalue weighted by molar-refractivity contribution is -0.117. The van der Waals surface area contributed by atoms with Gasteiger partial charge >= 0.3 is 10.2 Å². The number of benzene rings is 2. The first-order valence-corrected chi connectivity index (χ1v) is 12.0. The first-order valence-electron chi connectivity index (χ1n) is 8.93. The Morgan fingerprint density at radius 1 is 1.13 bits per heavy atom. The lowest BCUT2D eigenvalue weighted by Gasteiger charge is -2.16. The number of nitrogens with zero attached hydrogens (tertiary/aromatic N) is 1. The molecule has 1 heterocycles. The van der Waals surface area contributed by atoms with E-state index in [-0.39, 0.29) is 23.7 Å². The SMILES string of the molecule is O=C1CN(c2ccc(CCCNS(=O)(=O)Cc3ccc(F)cc3)cc2O)S(=O)(=O)N1. The molecule has 1 aliphatic heterocycles. The van der Waals surface area contributed by atoms with Crippen molar-refractivity contribution in [3.63, 3.8) is 0 Å². The van der Waals surface area contributed by atoms with Crippen LogP contribution in [0.5, 0.6) is 5.75 Å². The largest absolute Gasteiger partial charge is 0.506 e. The van der Waals surface area contributed by atoms with E-state index >= 15 is 0 Å². The molecule has 3 N–H and O–H groups in total. The van der Waals surface area contributed by atoms with E-state index in [0.717, 1.165) is 4.31 Å². The van der Waals surface area contributed by atoms with E-state index in [1.54, 1.807) is 6.07 Å². The lowest BCUT2D eigenvalue weighted by Crippen LogP contribution is -2.29. The zero-order valence-corrected chi connectivity index (χ0v) is 17.3.